The molecule has 0 bridgehead atoms. The van der Waals surface area contributed by atoms with Crippen LogP contribution in [0.1, 0.15) is 19.9 Å². The lowest BCUT2D eigenvalue weighted by Crippen LogP contribution is -2.24. The number of benzene rings is 2. The minimum atomic E-state index is -0.487. The highest BCUT2D eigenvalue weighted by atomic mass is 16.5. The number of hydrogen-bond acceptors (Lipinski definition) is 4. The average molecular weight is 324 g/mol. The molecular weight excluding hydrogens is 304 g/mol. The summed E-state index contributed by atoms with van der Waals surface area (Å²) in [7, 11) is 0. The molecule has 1 heterocycles. The van der Waals surface area contributed by atoms with Gasteiger partial charge in [-0.2, -0.15) is 5.10 Å². The van der Waals surface area contributed by atoms with Crippen molar-refractivity contribution in [3.05, 3.63) is 48.7 Å². The largest absolute Gasteiger partial charge is 0.492 e. The van der Waals surface area contributed by atoms with Gasteiger partial charge >= 0.3 is 0 Å². The Morgan fingerprint density at radius 3 is 2.92 bits per heavy atom. The van der Waals surface area contributed by atoms with Crippen LogP contribution in [-0.2, 0) is 4.79 Å². The summed E-state index contributed by atoms with van der Waals surface area (Å²) < 4.78 is 7.21. The van der Waals surface area contributed by atoms with E-state index < -0.39 is 6.04 Å². The Morgan fingerprint density at radius 1 is 1.33 bits per heavy atom. The average Bonchev–Trinajstić information content (AvgIpc) is 2.99. The lowest BCUT2D eigenvalue weighted by Gasteiger charge is -2.16. The van der Waals surface area contributed by atoms with Crippen molar-refractivity contribution in [2.45, 2.75) is 19.9 Å². The quantitative estimate of drug-likeness (QED) is 0.706. The third-order valence-electron chi connectivity index (χ3n) is 3.81. The van der Waals surface area contributed by atoms with Crippen molar-refractivity contribution in [3.63, 3.8) is 0 Å². The summed E-state index contributed by atoms with van der Waals surface area (Å²) in [5, 5.41) is 8.18. The van der Waals surface area contributed by atoms with Gasteiger partial charge in [-0.05, 0) is 44.2 Å². The minimum absolute atomic E-state index is 0.172. The molecule has 6 nitrogen and oxygen atoms in total. The Morgan fingerprint density at radius 2 is 2.12 bits per heavy atom. The van der Waals surface area contributed by atoms with Crippen LogP contribution in [0, 0.1) is 0 Å². The number of carbonyl (C=O) groups is 1. The van der Waals surface area contributed by atoms with E-state index in [0.717, 1.165) is 10.9 Å². The molecule has 3 aromatic rings. The van der Waals surface area contributed by atoms with E-state index in [-0.39, 0.29) is 5.91 Å². The van der Waals surface area contributed by atoms with E-state index in [9.17, 15) is 4.79 Å². The van der Waals surface area contributed by atoms with Crippen LogP contribution in [0.15, 0.2) is 48.7 Å². The number of aromatic nitrogens is 2. The number of para-hydroxylation sites is 2. The van der Waals surface area contributed by atoms with E-state index in [1.807, 2.05) is 49.4 Å². The SMILES string of the molecule is CCOc1ccccc1NC(=O)C(C)n1ncc2ccc(N)cc21. The van der Waals surface area contributed by atoms with Crippen LogP contribution in [0.4, 0.5) is 11.4 Å². The third kappa shape index (κ3) is 3.03. The van der Waals surface area contributed by atoms with E-state index >= 15 is 0 Å². The summed E-state index contributed by atoms with van der Waals surface area (Å²) in [6.07, 6.45) is 1.73. The van der Waals surface area contributed by atoms with Crippen molar-refractivity contribution < 1.29 is 9.53 Å². The molecule has 0 spiro atoms. The van der Waals surface area contributed by atoms with Crippen molar-refractivity contribution in [2.24, 2.45) is 0 Å². The Labute approximate surface area is 140 Å². The standard InChI is InChI=1S/C18H20N4O2/c1-3-24-17-7-5-4-6-15(17)21-18(23)12(2)22-16-10-14(19)9-8-13(16)11-20-22/h4-12H,3,19H2,1-2H3,(H,21,23). The summed E-state index contributed by atoms with van der Waals surface area (Å²) in [6.45, 7) is 4.24. The lowest BCUT2D eigenvalue weighted by atomic mass is 10.2. The molecule has 3 rings (SSSR count). The van der Waals surface area contributed by atoms with Crippen LogP contribution >= 0.6 is 0 Å². The molecular formula is C18H20N4O2. The van der Waals surface area contributed by atoms with Gasteiger partial charge in [-0.3, -0.25) is 9.48 Å². The molecule has 1 amide bonds. The number of nitrogens with zero attached hydrogens (tertiary/aromatic N) is 2. The number of ether oxygens (including phenoxy) is 1. The second-order valence-corrected chi connectivity index (χ2v) is 5.50. The topological polar surface area (TPSA) is 82.2 Å². The minimum Gasteiger partial charge on any atom is -0.492 e. The van der Waals surface area contributed by atoms with Gasteiger partial charge in [-0.1, -0.05) is 12.1 Å². The fourth-order valence-electron chi connectivity index (χ4n) is 2.56. The molecule has 0 aliphatic carbocycles. The smallest absolute Gasteiger partial charge is 0.249 e. The molecule has 6 heteroatoms. The summed E-state index contributed by atoms with van der Waals surface area (Å²) in [6, 6.07) is 12.4. The fraction of sp³-hybridized carbons (Fsp3) is 0.222. The molecule has 3 N–H and O–H groups in total. The number of rotatable bonds is 5. The summed E-state index contributed by atoms with van der Waals surface area (Å²) in [5.74, 6) is 0.477. The second-order valence-electron chi connectivity index (χ2n) is 5.50. The van der Waals surface area contributed by atoms with Gasteiger partial charge in [-0.15, -0.1) is 0 Å². The van der Waals surface area contributed by atoms with Crippen molar-refractivity contribution in [1.82, 2.24) is 9.78 Å². The molecule has 0 radical (unpaired) electrons. The zero-order chi connectivity index (χ0) is 17.1. The van der Waals surface area contributed by atoms with Gasteiger partial charge in [0.1, 0.15) is 11.8 Å². The van der Waals surface area contributed by atoms with Crippen LogP contribution in [-0.4, -0.2) is 22.3 Å². The number of nitrogen functional groups attached to an aromatic ring is 1. The first-order valence-electron chi connectivity index (χ1n) is 7.85. The number of hydrogen-bond donors (Lipinski definition) is 2. The predicted octanol–water partition coefficient (Wildman–Crippen LogP) is 3.22. The van der Waals surface area contributed by atoms with Gasteiger partial charge in [0.15, 0.2) is 0 Å². The Bertz CT molecular complexity index is 872. The molecule has 124 valence electrons. The van der Waals surface area contributed by atoms with E-state index in [2.05, 4.69) is 10.4 Å². The fourth-order valence-corrected chi connectivity index (χ4v) is 2.56. The summed E-state index contributed by atoms with van der Waals surface area (Å²) >= 11 is 0. The maximum Gasteiger partial charge on any atom is 0.249 e. The molecule has 1 atom stereocenters. The van der Waals surface area contributed by atoms with Gasteiger partial charge in [0.05, 0.1) is 24.0 Å². The van der Waals surface area contributed by atoms with Gasteiger partial charge in [0.25, 0.3) is 0 Å². The van der Waals surface area contributed by atoms with Crippen LogP contribution < -0.4 is 15.8 Å². The van der Waals surface area contributed by atoms with Crippen molar-refractivity contribution in [1.29, 1.82) is 0 Å². The normalized spacial score (nSPS) is 12.1. The van der Waals surface area contributed by atoms with Crippen molar-refractivity contribution in [2.75, 3.05) is 17.7 Å². The highest BCUT2D eigenvalue weighted by molar-refractivity contribution is 5.96. The number of nitrogens with one attached hydrogen (secondary N) is 1. The molecule has 1 aromatic heterocycles. The monoisotopic (exact) mass is 324 g/mol. The predicted molar refractivity (Wildman–Crippen MR) is 95.1 cm³/mol. The van der Waals surface area contributed by atoms with Crippen LogP contribution in [0.3, 0.4) is 0 Å². The van der Waals surface area contributed by atoms with Gasteiger partial charge in [-0.25, -0.2) is 0 Å². The first kappa shape index (κ1) is 15.9. The van der Waals surface area contributed by atoms with Gasteiger partial charge in [0.2, 0.25) is 5.91 Å². The van der Waals surface area contributed by atoms with E-state index in [4.69, 9.17) is 10.5 Å². The molecule has 2 aromatic carbocycles. The zero-order valence-electron chi connectivity index (χ0n) is 13.7. The van der Waals surface area contributed by atoms with Crippen molar-refractivity contribution in [3.8, 4) is 5.75 Å². The molecule has 0 saturated heterocycles. The van der Waals surface area contributed by atoms with E-state index in [1.54, 1.807) is 17.8 Å². The number of nitrogens with two attached hydrogens (primary N) is 1. The maximum atomic E-state index is 12.6. The Balaban J connectivity index is 1.85. The molecule has 0 aliphatic heterocycles. The Hall–Kier alpha value is -3.02. The summed E-state index contributed by atoms with van der Waals surface area (Å²) in [4.78, 5) is 12.6. The number of amides is 1. The van der Waals surface area contributed by atoms with Gasteiger partial charge < -0.3 is 15.8 Å². The number of carbonyl (C=O) groups excluding carboxylic acids is 1. The molecule has 24 heavy (non-hydrogen) atoms. The number of fused-ring (bicyclic) bond motifs is 1. The van der Waals surface area contributed by atoms with E-state index in [1.165, 1.54) is 0 Å². The molecule has 0 aliphatic rings. The third-order valence-corrected chi connectivity index (χ3v) is 3.81. The zero-order valence-corrected chi connectivity index (χ0v) is 13.7. The Kier molecular flexibility index (Phi) is 4.37. The molecule has 0 saturated carbocycles. The number of anilines is 2. The van der Waals surface area contributed by atoms with Crippen LogP contribution in [0.25, 0.3) is 10.9 Å². The highest BCUT2D eigenvalue weighted by Gasteiger charge is 2.19. The maximum absolute atomic E-state index is 12.6. The van der Waals surface area contributed by atoms with E-state index in [0.29, 0.717) is 23.7 Å². The first-order chi connectivity index (χ1) is 11.6. The van der Waals surface area contributed by atoms with Crippen LogP contribution in [0.5, 0.6) is 5.75 Å². The first-order valence-corrected chi connectivity index (χ1v) is 7.85. The second kappa shape index (κ2) is 6.62. The highest BCUT2D eigenvalue weighted by Crippen LogP contribution is 2.26. The van der Waals surface area contributed by atoms with Gasteiger partial charge in [0, 0.05) is 11.1 Å². The van der Waals surface area contributed by atoms with Crippen molar-refractivity contribution >= 4 is 28.2 Å². The van der Waals surface area contributed by atoms with Crippen LogP contribution in [0.2, 0.25) is 0 Å². The molecule has 0 fully saturated rings. The molecule has 1 unspecified atom stereocenters. The summed E-state index contributed by atoms with van der Waals surface area (Å²) in [5.41, 5.74) is 7.96. The lowest BCUT2D eigenvalue weighted by molar-refractivity contribution is -0.119.